The summed E-state index contributed by atoms with van der Waals surface area (Å²) in [5, 5.41) is 2.73. The lowest BCUT2D eigenvalue weighted by Crippen LogP contribution is -2.27. The lowest BCUT2D eigenvalue weighted by Gasteiger charge is -2.08. The van der Waals surface area contributed by atoms with E-state index >= 15 is 0 Å². The van der Waals surface area contributed by atoms with Crippen molar-refractivity contribution >= 4 is 15.9 Å². The predicted octanol–water partition coefficient (Wildman–Crippen LogP) is 1.27. The molecule has 1 amide bonds. The molecule has 1 aliphatic rings. The predicted molar refractivity (Wildman–Crippen MR) is 72.4 cm³/mol. The maximum Gasteiger partial charge on any atom is 0.251 e. The van der Waals surface area contributed by atoms with E-state index in [1.54, 1.807) is 12.1 Å². The third-order valence-corrected chi connectivity index (χ3v) is 4.36. The highest BCUT2D eigenvalue weighted by Gasteiger charge is 2.28. The Morgan fingerprint density at radius 1 is 1.37 bits per heavy atom. The Morgan fingerprint density at radius 3 is 2.74 bits per heavy atom. The molecular weight excluding hydrogens is 264 g/mol. The van der Waals surface area contributed by atoms with Crippen molar-refractivity contribution in [2.75, 3.05) is 6.54 Å². The van der Waals surface area contributed by atoms with Gasteiger partial charge in [0.05, 0.1) is 4.90 Å². The van der Waals surface area contributed by atoms with Gasteiger partial charge in [-0.3, -0.25) is 4.79 Å². The highest BCUT2D eigenvalue weighted by molar-refractivity contribution is 7.89. The molecule has 1 aromatic carbocycles. The molecule has 1 aromatic rings. The first kappa shape index (κ1) is 14.0. The van der Waals surface area contributed by atoms with Crippen LogP contribution >= 0.6 is 0 Å². The van der Waals surface area contributed by atoms with Crippen LogP contribution in [0, 0.1) is 0 Å². The molecule has 0 bridgehead atoms. The van der Waals surface area contributed by atoms with Gasteiger partial charge in [-0.2, -0.15) is 0 Å². The fraction of sp³-hybridized carbons (Fsp3) is 0.462. The normalized spacial score (nSPS) is 15.2. The number of hydrogen-bond acceptors (Lipinski definition) is 3. The minimum atomic E-state index is -3.50. The topological polar surface area (TPSA) is 75.3 Å². The fourth-order valence-electron chi connectivity index (χ4n) is 1.63. The number of benzene rings is 1. The highest BCUT2D eigenvalue weighted by Crippen LogP contribution is 2.22. The van der Waals surface area contributed by atoms with Gasteiger partial charge in [-0.15, -0.1) is 0 Å². The van der Waals surface area contributed by atoms with Crippen LogP contribution in [-0.4, -0.2) is 26.9 Å². The molecule has 104 valence electrons. The quantitative estimate of drug-likeness (QED) is 0.825. The maximum atomic E-state index is 12.0. The Balaban J connectivity index is 2.16. The molecule has 1 aliphatic carbocycles. The van der Waals surface area contributed by atoms with Gasteiger partial charge in [-0.1, -0.05) is 13.0 Å². The number of carbonyl (C=O) groups excluding carboxylic acids is 1. The van der Waals surface area contributed by atoms with Crippen molar-refractivity contribution in [1.29, 1.82) is 0 Å². The Kier molecular flexibility index (Phi) is 4.21. The van der Waals surface area contributed by atoms with Crippen LogP contribution in [0.4, 0.5) is 0 Å². The minimum Gasteiger partial charge on any atom is -0.352 e. The second-order valence-corrected chi connectivity index (χ2v) is 6.39. The first-order valence-corrected chi connectivity index (χ1v) is 7.92. The van der Waals surface area contributed by atoms with E-state index in [1.165, 1.54) is 12.1 Å². The molecule has 0 saturated heterocycles. The Morgan fingerprint density at radius 2 is 2.11 bits per heavy atom. The molecule has 0 aliphatic heterocycles. The number of hydrogen-bond donors (Lipinski definition) is 2. The van der Waals surface area contributed by atoms with Crippen molar-refractivity contribution in [1.82, 2.24) is 10.0 Å². The monoisotopic (exact) mass is 282 g/mol. The fourth-order valence-corrected chi connectivity index (χ4v) is 2.98. The van der Waals surface area contributed by atoms with Gasteiger partial charge in [0.1, 0.15) is 0 Å². The SMILES string of the molecule is CCCNC(=O)c1cccc(S(=O)(=O)NC2CC2)c1. The molecule has 1 saturated carbocycles. The summed E-state index contributed by atoms with van der Waals surface area (Å²) in [4.78, 5) is 11.9. The third kappa shape index (κ3) is 3.78. The summed E-state index contributed by atoms with van der Waals surface area (Å²) in [7, 11) is -3.50. The first-order valence-electron chi connectivity index (χ1n) is 6.43. The van der Waals surface area contributed by atoms with Crippen molar-refractivity contribution in [3.8, 4) is 0 Å². The molecule has 5 nitrogen and oxygen atoms in total. The van der Waals surface area contributed by atoms with Crippen LogP contribution in [0.2, 0.25) is 0 Å². The zero-order valence-corrected chi connectivity index (χ0v) is 11.7. The van der Waals surface area contributed by atoms with Crippen LogP contribution in [0.15, 0.2) is 29.2 Å². The molecular formula is C13H18N2O3S. The molecule has 6 heteroatoms. The van der Waals surface area contributed by atoms with Crippen LogP contribution < -0.4 is 10.0 Å². The van der Waals surface area contributed by atoms with Crippen molar-refractivity contribution in [3.05, 3.63) is 29.8 Å². The summed E-state index contributed by atoms with van der Waals surface area (Å²) < 4.78 is 26.7. The van der Waals surface area contributed by atoms with Gasteiger partial charge in [0, 0.05) is 18.2 Å². The van der Waals surface area contributed by atoms with E-state index in [1.807, 2.05) is 6.92 Å². The average Bonchev–Trinajstić information content (AvgIpc) is 3.19. The van der Waals surface area contributed by atoms with E-state index in [2.05, 4.69) is 10.0 Å². The van der Waals surface area contributed by atoms with Gasteiger partial charge < -0.3 is 5.32 Å². The number of sulfonamides is 1. The van der Waals surface area contributed by atoms with Crippen LogP contribution in [0.1, 0.15) is 36.5 Å². The highest BCUT2D eigenvalue weighted by atomic mass is 32.2. The summed E-state index contributed by atoms with van der Waals surface area (Å²) >= 11 is 0. The third-order valence-electron chi connectivity index (χ3n) is 2.84. The number of amides is 1. The Hall–Kier alpha value is -1.40. The molecule has 0 heterocycles. The van der Waals surface area contributed by atoms with E-state index in [0.29, 0.717) is 12.1 Å². The summed E-state index contributed by atoms with van der Waals surface area (Å²) in [6.07, 6.45) is 2.61. The number of carbonyl (C=O) groups is 1. The average molecular weight is 282 g/mol. The van der Waals surface area contributed by atoms with Crippen LogP contribution in [0.5, 0.6) is 0 Å². The van der Waals surface area contributed by atoms with Gasteiger partial charge in [0.2, 0.25) is 10.0 Å². The molecule has 19 heavy (non-hydrogen) atoms. The van der Waals surface area contributed by atoms with E-state index < -0.39 is 10.0 Å². The molecule has 0 atom stereocenters. The smallest absolute Gasteiger partial charge is 0.251 e. The van der Waals surface area contributed by atoms with Crippen LogP contribution in [-0.2, 0) is 10.0 Å². The molecule has 0 unspecified atom stereocenters. The lowest BCUT2D eigenvalue weighted by atomic mass is 10.2. The summed E-state index contributed by atoms with van der Waals surface area (Å²) in [5.41, 5.74) is 0.368. The zero-order chi connectivity index (χ0) is 13.9. The van der Waals surface area contributed by atoms with E-state index in [9.17, 15) is 13.2 Å². The molecule has 0 aromatic heterocycles. The number of nitrogens with one attached hydrogen (secondary N) is 2. The van der Waals surface area contributed by atoms with Gasteiger partial charge in [-0.05, 0) is 37.5 Å². The zero-order valence-electron chi connectivity index (χ0n) is 10.8. The standard InChI is InChI=1S/C13H18N2O3S/c1-2-8-14-13(16)10-4-3-5-12(9-10)19(17,18)15-11-6-7-11/h3-5,9,11,15H,2,6-8H2,1H3,(H,14,16). The first-order chi connectivity index (χ1) is 9.03. The molecule has 0 radical (unpaired) electrons. The van der Waals surface area contributed by atoms with Crippen LogP contribution in [0.25, 0.3) is 0 Å². The molecule has 1 fully saturated rings. The van der Waals surface area contributed by atoms with Crippen molar-refractivity contribution < 1.29 is 13.2 Å². The molecule has 2 N–H and O–H groups in total. The second-order valence-electron chi connectivity index (χ2n) is 4.68. The van der Waals surface area contributed by atoms with E-state index in [0.717, 1.165) is 19.3 Å². The summed E-state index contributed by atoms with van der Waals surface area (Å²) in [6.45, 7) is 2.54. The minimum absolute atomic E-state index is 0.0579. The van der Waals surface area contributed by atoms with Crippen molar-refractivity contribution in [3.63, 3.8) is 0 Å². The van der Waals surface area contributed by atoms with Gasteiger partial charge >= 0.3 is 0 Å². The van der Waals surface area contributed by atoms with Crippen LogP contribution in [0.3, 0.4) is 0 Å². The van der Waals surface area contributed by atoms with Gasteiger partial charge in [-0.25, -0.2) is 13.1 Å². The summed E-state index contributed by atoms with van der Waals surface area (Å²) in [5.74, 6) is -0.245. The van der Waals surface area contributed by atoms with Gasteiger partial charge in [0.15, 0.2) is 0 Å². The van der Waals surface area contributed by atoms with E-state index in [-0.39, 0.29) is 16.8 Å². The maximum absolute atomic E-state index is 12.0. The van der Waals surface area contributed by atoms with Crippen molar-refractivity contribution in [2.24, 2.45) is 0 Å². The Labute approximate surface area is 113 Å². The second kappa shape index (κ2) is 5.71. The number of rotatable bonds is 6. The largest absolute Gasteiger partial charge is 0.352 e. The summed E-state index contributed by atoms with van der Waals surface area (Å²) in [6, 6.07) is 6.17. The van der Waals surface area contributed by atoms with Crippen molar-refractivity contribution in [2.45, 2.75) is 37.1 Å². The lowest BCUT2D eigenvalue weighted by molar-refractivity contribution is 0.0953. The van der Waals surface area contributed by atoms with Gasteiger partial charge in [0.25, 0.3) is 5.91 Å². The molecule has 2 rings (SSSR count). The van der Waals surface area contributed by atoms with E-state index in [4.69, 9.17) is 0 Å². The Bertz CT molecular complexity index is 565. The molecule has 0 spiro atoms.